The van der Waals surface area contributed by atoms with Gasteiger partial charge in [0.25, 0.3) is 23.6 Å². The van der Waals surface area contributed by atoms with Crippen LogP contribution in [0.5, 0.6) is 23.0 Å². The van der Waals surface area contributed by atoms with Crippen LogP contribution in [-0.2, 0) is 5.41 Å². The second-order valence-corrected chi connectivity index (χ2v) is 12.7. The molecule has 5 aromatic carbocycles. The smallest absolute Gasteiger partial charge is 0.266 e. The van der Waals surface area contributed by atoms with Crippen molar-refractivity contribution in [1.29, 1.82) is 0 Å². The minimum absolute atomic E-state index is 0.146. The minimum Gasteiger partial charge on any atom is -0.457 e. The minimum atomic E-state index is -0.428. The predicted molar refractivity (Wildman–Crippen MR) is 182 cm³/mol. The lowest BCUT2D eigenvalue weighted by Gasteiger charge is -2.26. The van der Waals surface area contributed by atoms with Crippen molar-refractivity contribution in [2.45, 2.75) is 39.0 Å². The zero-order valence-corrected chi connectivity index (χ0v) is 26.9. The first-order valence-electron chi connectivity index (χ1n) is 15.7. The molecular formula is C40H32N2O6. The molecule has 0 spiro atoms. The molecule has 5 aromatic rings. The Morgan fingerprint density at radius 1 is 0.562 bits per heavy atom. The van der Waals surface area contributed by atoms with Gasteiger partial charge in [-0.1, -0.05) is 70.2 Å². The third kappa shape index (κ3) is 5.31. The molecule has 48 heavy (non-hydrogen) atoms. The summed E-state index contributed by atoms with van der Waals surface area (Å²) in [7, 11) is 0. The molecule has 8 nitrogen and oxygen atoms in total. The highest BCUT2D eigenvalue weighted by atomic mass is 16.5. The molecule has 0 bridgehead atoms. The fourth-order valence-electron chi connectivity index (χ4n) is 6.21. The molecule has 0 aliphatic carbocycles. The number of hydrogen-bond acceptors (Lipinski definition) is 6. The van der Waals surface area contributed by atoms with Crippen molar-refractivity contribution in [3.63, 3.8) is 0 Å². The summed E-state index contributed by atoms with van der Waals surface area (Å²) >= 11 is 0. The molecule has 0 saturated carbocycles. The molecule has 7 rings (SSSR count). The Labute approximate surface area is 277 Å². The summed E-state index contributed by atoms with van der Waals surface area (Å²) in [4.78, 5) is 51.9. The Balaban J connectivity index is 1.04. The first-order chi connectivity index (χ1) is 23.0. The van der Waals surface area contributed by atoms with Crippen molar-refractivity contribution in [1.82, 2.24) is 5.32 Å². The van der Waals surface area contributed by atoms with Crippen molar-refractivity contribution in [2.75, 3.05) is 4.90 Å². The summed E-state index contributed by atoms with van der Waals surface area (Å²) in [5, 5.41) is 2.28. The highest BCUT2D eigenvalue weighted by Gasteiger charge is 2.38. The van der Waals surface area contributed by atoms with Gasteiger partial charge in [-0.25, -0.2) is 4.90 Å². The van der Waals surface area contributed by atoms with Crippen LogP contribution in [0.1, 0.15) is 91.7 Å². The van der Waals surface area contributed by atoms with Gasteiger partial charge >= 0.3 is 0 Å². The van der Waals surface area contributed by atoms with Crippen molar-refractivity contribution >= 4 is 29.3 Å². The van der Waals surface area contributed by atoms with Gasteiger partial charge < -0.3 is 9.47 Å². The first kappa shape index (κ1) is 30.6. The van der Waals surface area contributed by atoms with Crippen LogP contribution in [0.15, 0.2) is 109 Å². The van der Waals surface area contributed by atoms with Crippen LogP contribution in [0.2, 0.25) is 0 Å². The van der Waals surface area contributed by atoms with Crippen LogP contribution in [0.4, 0.5) is 5.69 Å². The molecule has 0 fully saturated rings. The van der Waals surface area contributed by atoms with Gasteiger partial charge in [-0.05, 0) is 89.3 Å². The number of nitrogens with one attached hydrogen (secondary N) is 1. The average Bonchev–Trinajstić information content (AvgIpc) is 3.50. The molecule has 2 aliphatic rings. The van der Waals surface area contributed by atoms with Crippen molar-refractivity contribution in [3.8, 4) is 23.0 Å². The molecule has 0 saturated heterocycles. The second kappa shape index (κ2) is 11.7. The lowest BCUT2D eigenvalue weighted by atomic mass is 9.78. The van der Waals surface area contributed by atoms with Gasteiger partial charge in [0.15, 0.2) is 0 Å². The molecule has 1 N–H and O–H groups in total. The van der Waals surface area contributed by atoms with E-state index in [2.05, 4.69) is 19.2 Å². The molecule has 4 amide bonds. The van der Waals surface area contributed by atoms with E-state index in [0.29, 0.717) is 50.9 Å². The van der Waals surface area contributed by atoms with Gasteiger partial charge in [-0.15, -0.1) is 0 Å². The number of rotatable bonds is 8. The SMILES string of the molecule is CC(C)c1ccccc1N1C(=O)c2ccc(Oc3ccc(C(C)(C)c4ccc(Oc5ccc6c(c5)C(=O)NC6=O)cc4)cc3)cc2C1=O. The van der Waals surface area contributed by atoms with Gasteiger partial charge in [0, 0.05) is 5.41 Å². The van der Waals surface area contributed by atoms with E-state index in [1.807, 2.05) is 86.6 Å². The molecule has 0 unspecified atom stereocenters. The van der Waals surface area contributed by atoms with Gasteiger partial charge in [-0.2, -0.15) is 0 Å². The summed E-state index contributed by atoms with van der Waals surface area (Å²) in [5.41, 5.74) is 4.64. The summed E-state index contributed by atoms with van der Waals surface area (Å²) < 4.78 is 12.1. The standard InChI is InChI=1S/C40H32N2O6/c1-23(2)30-7-5-6-8-35(30)42-38(45)32-20-18-29(22-34(32)39(42)46)48-27-15-11-25(12-16-27)40(3,4)24-9-13-26(14-10-24)47-28-17-19-31-33(21-28)37(44)41-36(31)43/h5-23H,1-4H3,(H,41,43,44). The van der Waals surface area contributed by atoms with E-state index in [-0.39, 0.29) is 23.1 Å². The average molecular weight is 637 g/mol. The van der Waals surface area contributed by atoms with E-state index in [9.17, 15) is 19.2 Å². The second-order valence-electron chi connectivity index (χ2n) is 12.7. The van der Waals surface area contributed by atoms with Gasteiger partial charge in [-0.3, -0.25) is 24.5 Å². The maximum absolute atomic E-state index is 13.5. The Morgan fingerprint density at radius 2 is 1.04 bits per heavy atom. The highest BCUT2D eigenvalue weighted by Crippen LogP contribution is 2.38. The van der Waals surface area contributed by atoms with E-state index < -0.39 is 11.8 Å². The lowest BCUT2D eigenvalue weighted by Crippen LogP contribution is -2.30. The van der Waals surface area contributed by atoms with E-state index >= 15 is 0 Å². The number of ether oxygens (including phenoxy) is 2. The molecular weight excluding hydrogens is 604 g/mol. The molecule has 0 radical (unpaired) electrons. The maximum Gasteiger partial charge on any atom is 0.266 e. The molecule has 8 heteroatoms. The first-order valence-corrected chi connectivity index (χ1v) is 15.7. The monoisotopic (exact) mass is 636 g/mol. The van der Waals surface area contributed by atoms with Gasteiger partial charge in [0.2, 0.25) is 0 Å². The molecule has 0 aromatic heterocycles. The number of amides is 4. The zero-order valence-electron chi connectivity index (χ0n) is 26.9. The highest BCUT2D eigenvalue weighted by molar-refractivity contribution is 6.34. The maximum atomic E-state index is 13.5. The van der Waals surface area contributed by atoms with Crippen molar-refractivity contribution < 1.29 is 28.7 Å². The Bertz CT molecular complexity index is 2130. The van der Waals surface area contributed by atoms with E-state index in [1.165, 1.54) is 4.90 Å². The Kier molecular flexibility index (Phi) is 7.43. The third-order valence-corrected chi connectivity index (χ3v) is 8.99. The fourth-order valence-corrected chi connectivity index (χ4v) is 6.21. The topological polar surface area (TPSA) is 102 Å². The number of nitrogens with zero attached hydrogens (tertiary/aromatic N) is 1. The van der Waals surface area contributed by atoms with Crippen LogP contribution >= 0.6 is 0 Å². The number of fused-ring (bicyclic) bond motifs is 2. The lowest BCUT2D eigenvalue weighted by molar-refractivity contribution is 0.0874. The summed E-state index contributed by atoms with van der Waals surface area (Å²) in [6, 6.07) is 32.8. The number of para-hydroxylation sites is 1. The van der Waals surface area contributed by atoms with Crippen LogP contribution in [0.25, 0.3) is 0 Å². The molecule has 2 aliphatic heterocycles. The van der Waals surface area contributed by atoms with Crippen molar-refractivity contribution in [2.24, 2.45) is 0 Å². The van der Waals surface area contributed by atoms with Gasteiger partial charge in [0.1, 0.15) is 23.0 Å². The molecule has 2 heterocycles. The van der Waals surface area contributed by atoms with Crippen LogP contribution in [0.3, 0.4) is 0 Å². The molecule has 0 atom stereocenters. The fraction of sp³-hybridized carbons (Fsp3) is 0.150. The van der Waals surface area contributed by atoms with Gasteiger partial charge in [0.05, 0.1) is 27.9 Å². The quantitative estimate of drug-likeness (QED) is 0.172. The number of imide groups is 2. The largest absolute Gasteiger partial charge is 0.457 e. The van der Waals surface area contributed by atoms with Crippen molar-refractivity contribution in [3.05, 3.63) is 148 Å². The molecule has 238 valence electrons. The zero-order chi connectivity index (χ0) is 33.7. The van der Waals surface area contributed by atoms with E-state index in [4.69, 9.17) is 9.47 Å². The predicted octanol–water partition coefficient (Wildman–Crippen LogP) is 8.40. The summed E-state index contributed by atoms with van der Waals surface area (Å²) in [5.74, 6) is 0.749. The van der Waals surface area contributed by atoms with E-state index in [1.54, 1.807) is 36.4 Å². The normalized spacial score (nSPS) is 13.9. The van der Waals surface area contributed by atoms with Crippen LogP contribution < -0.4 is 19.7 Å². The third-order valence-electron chi connectivity index (χ3n) is 8.99. The van der Waals surface area contributed by atoms with E-state index in [0.717, 1.165) is 16.7 Å². The number of carbonyl (C=O) groups is 4. The number of anilines is 1. The van der Waals surface area contributed by atoms with Crippen LogP contribution in [0, 0.1) is 0 Å². The van der Waals surface area contributed by atoms with Crippen LogP contribution in [-0.4, -0.2) is 23.6 Å². The number of hydrogen-bond donors (Lipinski definition) is 1. The summed E-state index contributed by atoms with van der Waals surface area (Å²) in [6.07, 6.45) is 0. The number of carbonyl (C=O) groups excluding carboxylic acids is 4. The Hall–Kier alpha value is -6.02. The Morgan fingerprint density at radius 3 is 1.62 bits per heavy atom. The summed E-state index contributed by atoms with van der Waals surface area (Å²) in [6.45, 7) is 8.32. The number of benzene rings is 5.